The zero-order valence-electron chi connectivity index (χ0n) is 15.3. The quantitative estimate of drug-likeness (QED) is 0.307. The summed E-state index contributed by atoms with van der Waals surface area (Å²) in [5, 5.41) is 13.3. The SMILES string of the molecule is Cc1ccc(-c2csc(/C(C#N)=C/c3ccc(-c4cc(Cl)ccc4Cl)o3)n2)cc1. The average molecular weight is 437 g/mol. The van der Waals surface area contributed by atoms with Gasteiger partial charge in [-0.2, -0.15) is 5.26 Å². The fraction of sp³-hybridized carbons (Fsp3) is 0.0435. The summed E-state index contributed by atoms with van der Waals surface area (Å²) in [5.74, 6) is 1.13. The van der Waals surface area contributed by atoms with E-state index < -0.39 is 0 Å². The van der Waals surface area contributed by atoms with E-state index in [4.69, 9.17) is 27.6 Å². The molecule has 0 fully saturated rings. The van der Waals surface area contributed by atoms with Gasteiger partial charge in [0.25, 0.3) is 0 Å². The molecule has 0 aliphatic heterocycles. The second-order valence-corrected chi connectivity index (χ2v) is 8.10. The molecular weight excluding hydrogens is 423 g/mol. The zero-order valence-corrected chi connectivity index (χ0v) is 17.6. The number of aromatic nitrogens is 1. The molecule has 0 bridgehead atoms. The van der Waals surface area contributed by atoms with Crippen molar-refractivity contribution in [1.82, 2.24) is 4.98 Å². The van der Waals surface area contributed by atoms with Crippen LogP contribution in [0.15, 0.2) is 64.4 Å². The number of furan rings is 1. The standard InChI is InChI=1S/C23H14Cl2N2OS/c1-14-2-4-15(5-3-14)21-13-29-23(27-21)16(12-26)10-18-7-9-22(28-18)19-11-17(24)6-8-20(19)25/h2-11,13H,1H3/b16-10+. The Balaban J connectivity index is 1.64. The number of nitrogens with zero attached hydrogens (tertiary/aromatic N) is 2. The van der Waals surface area contributed by atoms with E-state index in [2.05, 4.69) is 11.1 Å². The maximum absolute atomic E-state index is 9.63. The van der Waals surface area contributed by atoms with E-state index in [1.165, 1.54) is 16.9 Å². The van der Waals surface area contributed by atoms with E-state index in [0.717, 1.165) is 11.3 Å². The number of hydrogen-bond donors (Lipinski definition) is 0. The topological polar surface area (TPSA) is 49.8 Å². The third-order valence-electron chi connectivity index (χ3n) is 4.31. The maximum atomic E-state index is 9.63. The lowest BCUT2D eigenvalue weighted by Crippen LogP contribution is -1.82. The van der Waals surface area contributed by atoms with Gasteiger partial charge in [0.2, 0.25) is 0 Å². The number of thiazole rings is 1. The van der Waals surface area contributed by atoms with Crippen LogP contribution in [0.2, 0.25) is 10.0 Å². The summed E-state index contributed by atoms with van der Waals surface area (Å²) in [6, 6.07) is 19.1. The molecule has 0 saturated carbocycles. The molecule has 0 amide bonds. The third kappa shape index (κ3) is 4.28. The molecule has 0 radical (unpaired) electrons. The van der Waals surface area contributed by atoms with Gasteiger partial charge in [0, 0.05) is 27.6 Å². The molecule has 0 aliphatic carbocycles. The fourth-order valence-corrected chi connectivity index (χ4v) is 3.98. The highest BCUT2D eigenvalue weighted by molar-refractivity contribution is 7.11. The van der Waals surface area contributed by atoms with Gasteiger partial charge in [-0.3, -0.25) is 0 Å². The molecule has 142 valence electrons. The summed E-state index contributed by atoms with van der Waals surface area (Å²) < 4.78 is 5.87. The van der Waals surface area contributed by atoms with Gasteiger partial charge in [0.1, 0.15) is 22.6 Å². The highest BCUT2D eigenvalue weighted by atomic mass is 35.5. The molecule has 3 nitrogen and oxygen atoms in total. The van der Waals surface area contributed by atoms with Crippen LogP contribution in [-0.2, 0) is 0 Å². The Morgan fingerprint density at radius 2 is 1.90 bits per heavy atom. The number of aryl methyl sites for hydroxylation is 1. The highest BCUT2D eigenvalue weighted by Gasteiger charge is 2.12. The maximum Gasteiger partial charge on any atom is 0.136 e. The lowest BCUT2D eigenvalue weighted by molar-refractivity contribution is 0.572. The molecule has 0 unspecified atom stereocenters. The van der Waals surface area contributed by atoms with Crippen LogP contribution >= 0.6 is 34.5 Å². The Morgan fingerprint density at radius 1 is 1.10 bits per heavy atom. The number of halogens is 2. The first-order valence-corrected chi connectivity index (χ1v) is 10.4. The molecule has 0 N–H and O–H groups in total. The van der Waals surface area contributed by atoms with E-state index in [1.807, 2.05) is 36.6 Å². The van der Waals surface area contributed by atoms with Crippen molar-refractivity contribution in [2.24, 2.45) is 0 Å². The van der Waals surface area contributed by atoms with Crippen molar-refractivity contribution < 1.29 is 4.42 Å². The Kier molecular flexibility index (Phi) is 5.55. The van der Waals surface area contributed by atoms with E-state index >= 15 is 0 Å². The first kappa shape index (κ1) is 19.5. The molecule has 29 heavy (non-hydrogen) atoms. The molecule has 0 atom stereocenters. The van der Waals surface area contributed by atoms with Crippen molar-refractivity contribution in [2.75, 3.05) is 0 Å². The minimum absolute atomic E-state index is 0.437. The average Bonchev–Trinajstić information content (AvgIpc) is 3.38. The van der Waals surface area contributed by atoms with Crippen LogP contribution in [0.3, 0.4) is 0 Å². The van der Waals surface area contributed by atoms with Gasteiger partial charge in [-0.15, -0.1) is 11.3 Å². The molecule has 6 heteroatoms. The number of benzene rings is 2. The molecule has 2 heterocycles. The predicted molar refractivity (Wildman–Crippen MR) is 120 cm³/mol. The number of rotatable bonds is 4. The number of hydrogen-bond acceptors (Lipinski definition) is 4. The lowest BCUT2D eigenvalue weighted by atomic mass is 10.1. The van der Waals surface area contributed by atoms with E-state index in [1.54, 1.807) is 36.4 Å². The highest BCUT2D eigenvalue weighted by Crippen LogP contribution is 2.33. The predicted octanol–water partition coefficient (Wildman–Crippen LogP) is 7.75. The Labute approximate surface area is 182 Å². The van der Waals surface area contributed by atoms with Crippen molar-refractivity contribution in [3.8, 4) is 28.7 Å². The van der Waals surface area contributed by atoms with Crippen molar-refractivity contribution in [1.29, 1.82) is 5.26 Å². The molecule has 0 spiro atoms. The summed E-state index contributed by atoms with van der Waals surface area (Å²) in [7, 11) is 0. The van der Waals surface area contributed by atoms with Gasteiger partial charge < -0.3 is 4.42 Å². The van der Waals surface area contributed by atoms with Gasteiger partial charge in [0.15, 0.2) is 0 Å². The van der Waals surface area contributed by atoms with E-state index in [0.29, 0.717) is 37.7 Å². The van der Waals surface area contributed by atoms with Gasteiger partial charge >= 0.3 is 0 Å². The summed E-state index contributed by atoms with van der Waals surface area (Å²) in [6.07, 6.45) is 1.68. The fourth-order valence-electron chi connectivity index (χ4n) is 2.80. The number of nitriles is 1. The smallest absolute Gasteiger partial charge is 0.136 e. The second-order valence-electron chi connectivity index (χ2n) is 6.40. The van der Waals surface area contributed by atoms with Crippen molar-refractivity contribution in [3.63, 3.8) is 0 Å². The van der Waals surface area contributed by atoms with Crippen molar-refractivity contribution in [3.05, 3.63) is 86.4 Å². The van der Waals surface area contributed by atoms with Gasteiger partial charge in [-0.1, -0.05) is 53.0 Å². The molecule has 2 aromatic carbocycles. The summed E-state index contributed by atoms with van der Waals surface area (Å²) in [5.41, 5.74) is 4.19. The zero-order chi connectivity index (χ0) is 20.4. The second kappa shape index (κ2) is 8.26. The summed E-state index contributed by atoms with van der Waals surface area (Å²) in [4.78, 5) is 4.62. The van der Waals surface area contributed by atoms with Crippen LogP contribution < -0.4 is 0 Å². The normalized spacial score (nSPS) is 11.4. The van der Waals surface area contributed by atoms with Crippen molar-refractivity contribution in [2.45, 2.75) is 6.92 Å². The van der Waals surface area contributed by atoms with Gasteiger partial charge in [-0.05, 0) is 37.3 Å². The van der Waals surface area contributed by atoms with Gasteiger partial charge in [-0.25, -0.2) is 4.98 Å². The summed E-state index contributed by atoms with van der Waals surface area (Å²) >= 11 is 13.7. The largest absolute Gasteiger partial charge is 0.457 e. The van der Waals surface area contributed by atoms with Gasteiger partial charge in [0.05, 0.1) is 16.3 Å². The van der Waals surface area contributed by atoms with Crippen molar-refractivity contribution >= 4 is 46.2 Å². The van der Waals surface area contributed by atoms with Crippen LogP contribution in [0.4, 0.5) is 0 Å². The first-order chi connectivity index (χ1) is 14.0. The third-order valence-corrected chi connectivity index (χ3v) is 5.75. The monoisotopic (exact) mass is 436 g/mol. The molecule has 0 aliphatic rings. The minimum Gasteiger partial charge on any atom is -0.457 e. The molecule has 2 aromatic heterocycles. The number of allylic oxidation sites excluding steroid dienone is 1. The Hall–Kier alpha value is -2.84. The first-order valence-electron chi connectivity index (χ1n) is 8.73. The minimum atomic E-state index is 0.437. The Bertz CT molecular complexity index is 1250. The van der Waals surface area contributed by atoms with Crippen LogP contribution in [-0.4, -0.2) is 4.98 Å². The van der Waals surface area contributed by atoms with Crippen LogP contribution in [0, 0.1) is 18.3 Å². The van der Waals surface area contributed by atoms with E-state index in [9.17, 15) is 5.26 Å². The molecule has 0 saturated heterocycles. The lowest BCUT2D eigenvalue weighted by Gasteiger charge is -2.01. The van der Waals surface area contributed by atoms with Crippen LogP contribution in [0.1, 0.15) is 16.3 Å². The van der Waals surface area contributed by atoms with Crippen LogP contribution in [0.5, 0.6) is 0 Å². The summed E-state index contributed by atoms with van der Waals surface area (Å²) in [6.45, 7) is 2.04. The van der Waals surface area contributed by atoms with Crippen LogP contribution in [0.25, 0.3) is 34.2 Å². The Morgan fingerprint density at radius 3 is 2.66 bits per heavy atom. The molecular formula is C23H14Cl2N2OS. The van der Waals surface area contributed by atoms with E-state index in [-0.39, 0.29) is 0 Å². The molecule has 4 aromatic rings. The molecule has 4 rings (SSSR count).